The third-order valence-corrected chi connectivity index (χ3v) is 6.23. The van der Waals surface area contributed by atoms with E-state index in [1.165, 1.54) is 0 Å². The van der Waals surface area contributed by atoms with Crippen molar-refractivity contribution in [3.05, 3.63) is 94.9 Å². The zero-order chi connectivity index (χ0) is 22.2. The largest absolute Gasteiger partial charge is 0.372 e. The second kappa shape index (κ2) is 8.29. The van der Waals surface area contributed by atoms with Gasteiger partial charge in [-0.25, -0.2) is 0 Å². The highest BCUT2D eigenvalue weighted by Crippen LogP contribution is 2.30. The third-order valence-electron chi connectivity index (χ3n) is 6.23. The molecule has 1 aliphatic rings. The van der Waals surface area contributed by atoms with Crippen LogP contribution in [-0.4, -0.2) is 29.9 Å². The van der Waals surface area contributed by atoms with E-state index in [9.17, 15) is 4.79 Å². The van der Waals surface area contributed by atoms with E-state index in [-0.39, 0.29) is 17.8 Å². The highest BCUT2D eigenvalue weighted by Gasteiger charge is 2.22. The Kier molecular flexibility index (Phi) is 5.32. The molecule has 5 rings (SSSR count). The van der Waals surface area contributed by atoms with Crippen LogP contribution in [0.25, 0.3) is 27.6 Å². The Morgan fingerprint density at radius 2 is 1.47 bits per heavy atom. The van der Waals surface area contributed by atoms with Crippen LogP contribution in [0.2, 0.25) is 0 Å². The van der Waals surface area contributed by atoms with Gasteiger partial charge in [0.1, 0.15) is 0 Å². The van der Waals surface area contributed by atoms with Crippen LogP contribution >= 0.6 is 0 Å². The molecule has 1 unspecified atom stereocenters. The first-order valence-corrected chi connectivity index (χ1v) is 11.2. The molecule has 4 aromatic rings. The summed E-state index contributed by atoms with van der Waals surface area (Å²) >= 11 is 0. The monoisotopic (exact) mass is 424 g/mol. The van der Waals surface area contributed by atoms with Gasteiger partial charge in [0, 0.05) is 36.0 Å². The van der Waals surface area contributed by atoms with E-state index in [4.69, 9.17) is 4.74 Å². The predicted octanol–water partition coefficient (Wildman–Crippen LogP) is 5.58. The molecule has 0 aliphatic carbocycles. The van der Waals surface area contributed by atoms with Crippen LogP contribution < -0.4 is 10.5 Å². The minimum absolute atomic E-state index is 0.00440. The van der Waals surface area contributed by atoms with Gasteiger partial charge in [-0.3, -0.25) is 9.36 Å². The second-order valence-corrected chi connectivity index (χ2v) is 8.76. The van der Waals surface area contributed by atoms with E-state index < -0.39 is 0 Å². The van der Waals surface area contributed by atoms with Gasteiger partial charge in [0.2, 0.25) is 0 Å². The van der Waals surface area contributed by atoms with Gasteiger partial charge in [-0.2, -0.15) is 0 Å². The van der Waals surface area contributed by atoms with Crippen LogP contribution in [0.3, 0.4) is 0 Å². The average Bonchev–Trinajstić information content (AvgIpc) is 2.81. The SMILES string of the molecule is Cc1cn(-c2ccc(N3CC(C)O[C@H](C)C3)cc2)c(=O)c2cccc(-c3ccccc3)c12. The Bertz CT molecular complexity index is 1300. The molecule has 2 atom stereocenters. The lowest BCUT2D eigenvalue weighted by Crippen LogP contribution is -2.45. The van der Waals surface area contributed by atoms with E-state index in [2.05, 4.69) is 56.0 Å². The van der Waals surface area contributed by atoms with Crippen LogP contribution in [0.4, 0.5) is 5.69 Å². The molecule has 0 amide bonds. The van der Waals surface area contributed by atoms with Crippen molar-refractivity contribution in [2.24, 2.45) is 0 Å². The smallest absolute Gasteiger partial charge is 0.262 e. The normalized spacial score (nSPS) is 18.8. The number of ether oxygens (including phenoxy) is 1. The number of hydrogen-bond donors (Lipinski definition) is 0. The molecule has 4 heteroatoms. The maximum absolute atomic E-state index is 13.5. The molecular weight excluding hydrogens is 396 g/mol. The van der Waals surface area contributed by atoms with E-state index in [0.717, 1.165) is 51.9 Å². The molecule has 0 saturated carbocycles. The van der Waals surface area contributed by atoms with Crippen LogP contribution in [0.15, 0.2) is 83.8 Å². The van der Waals surface area contributed by atoms with Gasteiger partial charge >= 0.3 is 0 Å². The second-order valence-electron chi connectivity index (χ2n) is 8.76. The minimum atomic E-state index is 0.00440. The molecule has 4 nitrogen and oxygen atoms in total. The topological polar surface area (TPSA) is 34.5 Å². The molecule has 1 aromatic heterocycles. The molecule has 162 valence electrons. The number of nitrogens with zero attached hydrogens (tertiary/aromatic N) is 2. The molecule has 2 heterocycles. The molecule has 1 fully saturated rings. The molecule has 32 heavy (non-hydrogen) atoms. The number of hydrogen-bond acceptors (Lipinski definition) is 3. The quantitative estimate of drug-likeness (QED) is 0.431. The van der Waals surface area contributed by atoms with Crippen LogP contribution in [0.1, 0.15) is 19.4 Å². The Morgan fingerprint density at radius 1 is 0.812 bits per heavy atom. The van der Waals surface area contributed by atoms with E-state index in [0.29, 0.717) is 0 Å². The van der Waals surface area contributed by atoms with Crippen molar-refractivity contribution in [1.82, 2.24) is 4.57 Å². The first-order chi connectivity index (χ1) is 15.5. The molecule has 0 bridgehead atoms. The Morgan fingerprint density at radius 3 is 2.16 bits per heavy atom. The average molecular weight is 425 g/mol. The van der Waals surface area contributed by atoms with Crippen LogP contribution in [0.5, 0.6) is 0 Å². The number of fused-ring (bicyclic) bond motifs is 1. The standard InChI is InChI=1S/C28H28N2O2/c1-19-16-30(24-14-12-23(13-15-24)29-17-20(2)32-21(3)18-29)28(31)26-11-7-10-25(27(19)26)22-8-5-4-6-9-22/h4-16,20-21H,17-18H2,1-3H3/t20-,21?/m1/s1. The van der Waals surface area contributed by atoms with Crippen molar-refractivity contribution in [3.63, 3.8) is 0 Å². The van der Waals surface area contributed by atoms with Crippen molar-refractivity contribution < 1.29 is 4.74 Å². The molecule has 1 aliphatic heterocycles. The zero-order valence-electron chi connectivity index (χ0n) is 18.8. The summed E-state index contributed by atoms with van der Waals surface area (Å²) in [5.74, 6) is 0. The summed E-state index contributed by atoms with van der Waals surface area (Å²) < 4.78 is 7.62. The number of rotatable bonds is 3. The van der Waals surface area contributed by atoms with Crippen molar-refractivity contribution >= 4 is 16.5 Å². The first-order valence-electron chi connectivity index (χ1n) is 11.2. The Labute approximate surface area is 188 Å². The fourth-order valence-electron chi connectivity index (χ4n) is 4.86. The number of pyridine rings is 1. The summed E-state index contributed by atoms with van der Waals surface area (Å²) in [5, 5.41) is 1.76. The van der Waals surface area contributed by atoms with Crippen LogP contribution in [-0.2, 0) is 4.74 Å². The fraction of sp³-hybridized carbons (Fsp3) is 0.250. The highest BCUT2D eigenvalue weighted by molar-refractivity contribution is 5.98. The summed E-state index contributed by atoms with van der Waals surface area (Å²) in [6.45, 7) is 8.05. The van der Waals surface area contributed by atoms with Gasteiger partial charge in [0.25, 0.3) is 5.56 Å². The number of anilines is 1. The van der Waals surface area contributed by atoms with Gasteiger partial charge in [0.05, 0.1) is 12.2 Å². The van der Waals surface area contributed by atoms with Gasteiger partial charge < -0.3 is 9.64 Å². The lowest BCUT2D eigenvalue weighted by molar-refractivity contribution is -0.00521. The molecule has 0 radical (unpaired) electrons. The maximum atomic E-state index is 13.5. The number of aryl methyl sites for hydroxylation is 1. The van der Waals surface area contributed by atoms with E-state index >= 15 is 0 Å². The Hall–Kier alpha value is -3.37. The van der Waals surface area contributed by atoms with Gasteiger partial charge in [-0.05, 0) is 73.2 Å². The zero-order valence-corrected chi connectivity index (χ0v) is 18.8. The van der Waals surface area contributed by atoms with Crippen molar-refractivity contribution in [3.8, 4) is 16.8 Å². The summed E-state index contributed by atoms with van der Waals surface area (Å²) in [5.41, 5.74) is 5.34. The van der Waals surface area contributed by atoms with E-state index in [1.807, 2.05) is 48.7 Å². The first kappa shape index (κ1) is 20.5. The molecule has 3 aromatic carbocycles. The van der Waals surface area contributed by atoms with Crippen molar-refractivity contribution in [2.75, 3.05) is 18.0 Å². The molecule has 0 spiro atoms. The lowest BCUT2D eigenvalue weighted by Gasteiger charge is -2.36. The van der Waals surface area contributed by atoms with Gasteiger partial charge in [0.15, 0.2) is 0 Å². The summed E-state index contributed by atoms with van der Waals surface area (Å²) in [4.78, 5) is 15.8. The predicted molar refractivity (Wildman–Crippen MR) is 132 cm³/mol. The summed E-state index contributed by atoms with van der Waals surface area (Å²) in [6, 6.07) is 24.5. The number of benzene rings is 3. The molecular formula is C28H28N2O2. The van der Waals surface area contributed by atoms with Gasteiger partial charge in [-0.1, -0.05) is 42.5 Å². The maximum Gasteiger partial charge on any atom is 0.262 e. The minimum Gasteiger partial charge on any atom is -0.372 e. The molecule has 0 N–H and O–H groups in total. The Balaban J connectivity index is 1.56. The van der Waals surface area contributed by atoms with Gasteiger partial charge in [-0.15, -0.1) is 0 Å². The fourth-order valence-corrected chi connectivity index (χ4v) is 4.86. The lowest BCUT2D eigenvalue weighted by atomic mass is 9.96. The van der Waals surface area contributed by atoms with E-state index in [1.54, 1.807) is 4.57 Å². The number of morpholine rings is 1. The highest BCUT2D eigenvalue weighted by atomic mass is 16.5. The molecule has 1 saturated heterocycles. The van der Waals surface area contributed by atoms with Crippen molar-refractivity contribution in [2.45, 2.75) is 33.0 Å². The number of aromatic nitrogens is 1. The van der Waals surface area contributed by atoms with Crippen molar-refractivity contribution in [1.29, 1.82) is 0 Å². The summed E-state index contributed by atoms with van der Waals surface area (Å²) in [6.07, 6.45) is 2.39. The third kappa shape index (κ3) is 3.71. The van der Waals surface area contributed by atoms with Crippen LogP contribution in [0, 0.1) is 6.92 Å². The summed E-state index contributed by atoms with van der Waals surface area (Å²) in [7, 11) is 0.